The molecule has 130 valence electrons. The van der Waals surface area contributed by atoms with Crippen LogP contribution in [0.3, 0.4) is 0 Å². The van der Waals surface area contributed by atoms with Crippen LogP contribution in [-0.4, -0.2) is 29.6 Å². The molecule has 3 N–H and O–H groups in total. The van der Waals surface area contributed by atoms with Crippen molar-refractivity contribution < 1.29 is 9.50 Å². The molecule has 0 radical (unpaired) electrons. The van der Waals surface area contributed by atoms with E-state index in [2.05, 4.69) is 19.9 Å². The summed E-state index contributed by atoms with van der Waals surface area (Å²) >= 11 is 0. The normalized spacial score (nSPS) is 11.2. The highest BCUT2D eigenvalue weighted by molar-refractivity contribution is 5.85. The second-order valence-corrected chi connectivity index (χ2v) is 5.91. The zero-order chi connectivity index (χ0) is 18.3. The fraction of sp³-hybridized carbons (Fsp3) is 0.111. The maximum absolute atomic E-state index is 13.7. The Morgan fingerprint density at radius 2 is 1.88 bits per heavy atom. The molecule has 26 heavy (non-hydrogen) atoms. The molecule has 0 aliphatic rings. The van der Waals surface area contributed by atoms with Gasteiger partial charge in [-0.15, -0.1) is 0 Å². The number of anilines is 1. The van der Waals surface area contributed by atoms with Gasteiger partial charge in [0.25, 0.3) is 0 Å². The average Bonchev–Trinajstić information content (AvgIpc) is 2.96. The number of phenolic OH excluding ortho intramolecular Hbond substituents is 1. The van der Waals surface area contributed by atoms with Crippen molar-refractivity contribution in [1.29, 1.82) is 0 Å². The second-order valence-electron chi connectivity index (χ2n) is 5.91. The fourth-order valence-electron chi connectivity index (χ4n) is 2.82. The van der Waals surface area contributed by atoms with Crippen LogP contribution in [0.2, 0.25) is 0 Å². The number of nitrogens with zero attached hydrogens (tertiary/aromatic N) is 5. The number of nitrogens with two attached hydrogens (primary N) is 1. The molecule has 0 unspecified atom stereocenters. The zero-order valence-corrected chi connectivity index (χ0v) is 13.9. The Labute approximate surface area is 148 Å². The van der Waals surface area contributed by atoms with E-state index in [0.717, 1.165) is 11.8 Å². The van der Waals surface area contributed by atoms with Crippen LogP contribution in [0.15, 0.2) is 42.7 Å². The molecule has 8 heteroatoms. The van der Waals surface area contributed by atoms with Crippen LogP contribution in [0.4, 0.5) is 10.2 Å². The molecule has 0 saturated carbocycles. The SMILES string of the molecule is Cc1nc(N)c2nc(-c3cncc(F)c3)n(Cc3ccc(O)cc3)c2n1. The molecule has 4 aromatic rings. The quantitative estimate of drug-likeness (QED) is 0.589. The van der Waals surface area contributed by atoms with Gasteiger partial charge in [-0.25, -0.2) is 19.3 Å². The highest BCUT2D eigenvalue weighted by atomic mass is 19.1. The number of rotatable bonds is 3. The molecule has 0 fully saturated rings. The standard InChI is InChI=1S/C18H15FN6O/c1-10-22-16(20)15-18(23-10)25(9-11-2-4-14(26)5-3-11)17(24-15)12-6-13(19)8-21-7-12/h2-8,26H,9H2,1H3,(H2,20,22,23). The summed E-state index contributed by atoms with van der Waals surface area (Å²) in [5.41, 5.74) is 8.45. The summed E-state index contributed by atoms with van der Waals surface area (Å²) in [5.74, 6) is 1.00. The van der Waals surface area contributed by atoms with E-state index in [1.54, 1.807) is 31.2 Å². The van der Waals surface area contributed by atoms with E-state index in [-0.39, 0.29) is 11.6 Å². The van der Waals surface area contributed by atoms with Gasteiger partial charge in [0.1, 0.15) is 23.2 Å². The van der Waals surface area contributed by atoms with E-state index in [0.29, 0.717) is 34.9 Å². The lowest BCUT2D eigenvalue weighted by Crippen LogP contribution is -2.05. The van der Waals surface area contributed by atoms with Crippen molar-refractivity contribution in [3.05, 3.63) is 59.9 Å². The van der Waals surface area contributed by atoms with Crippen molar-refractivity contribution in [2.24, 2.45) is 0 Å². The lowest BCUT2D eigenvalue weighted by atomic mass is 10.2. The molecule has 3 aromatic heterocycles. The lowest BCUT2D eigenvalue weighted by molar-refractivity contribution is 0.475. The van der Waals surface area contributed by atoms with E-state index >= 15 is 0 Å². The number of hydrogen-bond acceptors (Lipinski definition) is 6. The molecule has 0 amide bonds. The number of hydrogen-bond donors (Lipinski definition) is 2. The molecule has 7 nitrogen and oxygen atoms in total. The summed E-state index contributed by atoms with van der Waals surface area (Å²) in [7, 11) is 0. The Bertz CT molecular complexity index is 1110. The van der Waals surface area contributed by atoms with Gasteiger partial charge in [0.05, 0.1) is 12.7 Å². The smallest absolute Gasteiger partial charge is 0.166 e. The van der Waals surface area contributed by atoms with Gasteiger partial charge in [-0.05, 0) is 30.7 Å². The van der Waals surface area contributed by atoms with E-state index in [4.69, 9.17) is 5.73 Å². The minimum absolute atomic E-state index is 0.182. The Balaban J connectivity index is 1.95. The molecule has 4 rings (SSSR count). The summed E-state index contributed by atoms with van der Waals surface area (Å²) < 4.78 is 15.5. The van der Waals surface area contributed by atoms with Crippen LogP contribution in [0, 0.1) is 12.7 Å². The molecule has 0 bridgehead atoms. The highest BCUT2D eigenvalue weighted by Crippen LogP contribution is 2.27. The van der Waals surface area contributed by atoms with Crippen LogP contribution in [-0.2, 0) is 6.54 Å². The summed E-state index contributed by atoms with van der Waals surface area (Å²) in [4.78, 5) is 17.1. The Kier molecular flexibility index (Phi) is 3.72. The van der Waals surface area contributed by atoms with Crippen molar-refractivity contribution in [3.8, 4) is 17.1 Å². The average molecular weight is 350 g/mol. The van der Waals surface area contributed by atoms with Crippen molar-refractivity contribution in [1.82, 2.24) is 24.5 Å². The fourth-order valence-corrected chi connectivity index (χ4v) is 2.82. The van der Waals surface area contributed by atoms with Gasteiger partial charge < -0.3 is 15.4 Å². The van der Waals surface area contributed by atoms with Crippen LogP contribution in [0.25, 0.3) is 22.6 Å². The second kappa shape index (κ2) is 6.07. The molecule has 3 heterocycles. The first kappa shape index (κ1) is 15.9. The van der Waals surface area contributed by atoms with Crippen molar-refractivity contribution in [3.63, 3.8) is 0 Å². The molecular weight excluding hydrogens is 335 g/mol. The summed E-state index contributed by atoms with van der Waals surface area (Å²) in [5, 5.41) is 9.48. The van der Waals surface area contributed by atoms with Crippen LogP contribution < -0.4 is 5.73 Å². The third-order valence-corrected chi connectivity index (χ3v) is 3.97. The molecule has 0 atom stereocenters. The van der Waals surface area contributed by atoms with E-state index in [1.165, 1.54) is 12.3 Å². The van der Waals surface area contributed by atoms with Gasteiger partial charge in [-0.1, -0.05) is 12.1 Å². The van der Waals surface area contributed by atoms with Gasteiger partial charge >= 0.3 is 0 Å². The molecule has 0 saturated heterocycles. The number of aromatic hydroxyl groups is 1. The van der Waals surface area contributed by atoms with Gasteiger partial charge in [0.2, 0.25) is 0 Å². The summed E-state index contributed by atoms with van der Waals surface area (Å²) in [6, 6.07) is 8.16. The number of aromatic nitrogens is 5. The minimum Gasteiger partial charge on any atom is -0.508 e. The number of aryl methyl sites for hydroxylation is 1. The molecule has 0 aliphatic carbocycles. The number of nitrogen functional groups attached to an aromatic ring is 1. The number of pyridine rings is 1. The number of imidazole rings is 1. The van der Waals surface area contributed by atoms with Crippen molar-refractivity contribution >= 4 is 17.0 Å². The maximum Gasteiger partial charge on any atom is 0.166 e. The first-order valence-electron chi connectivity index (χ1n) is 7.90. The predicted octanol–water partition coefficient (Wildman–Crippen LogP) is 2.67. The number of benzene rings is 1. The Morgan fingerprint density at radius 1 is 1.12 bits per heavy atom. The highest BCUT2D eigenvalue weighted by Gasteiger charge is 2.18. The first-order chi connectivity index (χ1) is 12.5. The third kappa shape index (κ3) is 2.81. The van der Waals surface area contributed by atoms with Crippen molar-refractivity contribution in [2.45, 2.75) is 13.5 Å². The van der Waals surface area contributed by atoms with Gasteiger partial charge in [0, 0.05) is 11.8 Å². The Hall–Kier alpha value is -3.55. The Morgan fingerprint density at radius 3 is 2.62 bits per heavy atom. The molecule has 0 spiro atoms. The minimum atomic E-state index is -0.457. The van der Waals surface area contributed by atoms with Crippen LogP contribution in [0.5, 0.6) is 5.75 Å². The molecule has 1 aromatic carbocycles. The van der Waals surface area contributed by atoms with E-state index in [1.807, 2.05) is 4.57 Å². The molecule has 0 aliphatic heterocycles. The number of phenols is 1. The zero-order valence-electron chi connectivity index (χ0n) is 13.9. The van der Waals surface area contributed by atoms with Gasteiger partial charge in [-0.3, -0.25) is 4.98 Å². The third-order valence-electron chi connectivity index (χ3n) is 3.97. The van der Waals surface area contributed by atoms with Crippen molar-refractivity contribution in [2.75, 3.05) is 5.73 Å². The first-order valence-corrected chi connectivity index (χ1v) is 7.90. The summed E-state index contributed by atoms with van der Waals surface area (Å²) in [6.45, 7) is 2.16. The lowest BCUT2D eigenvalue weighted by Gasteiger charge is -2.09. The monoisotopic (exact) mass is 350 g/mol. The maximum atomic E-state index is 13.7. The molecular formula is C18H15FN6O. The summed E-state index contributed by atoms with van der Waals surface area (Å²) in [6.07, 6.45) is 2.67. The van der Waals surface area contributed by atoms with E-state index < -0.39 is 5.82 Å². The van der Waals surface area contributed by atoms with Crippen LogP contribution >= 0.6 is 0 Å². The van der Waals surface area contributed by atoms with E-state index in [9.17, 15) is 9.50 Å². The van der Waals surface area contributed by atoms with Gasteiger partial charge in [0.15, 0.2) is 17.0 Å². The van der Waals surface area contributed by atoms with Crippen LogP contribution in [0.1, 0.15) is 11.4 Å². The van der Waals surface area contributed by atoms with Gasteiger partial charge in [-0.2, -0.15) is 0 Å². The largest absolute Gasteiger partial charge is 0.508 e. The topological polar surface area (TPSA) is 103 Å². The predicted molar refractivity (Wildman–Crippen MR) is 94.9 cm³/mol. The number of halogens is 1. The number of fused-ring (bicyclic) bond motifs is 1.